The molecule has 138 valence electrons. The number of morpholine rings is 1. The summed E-state index contributed by atoms with van der Waals surface area (Å²) in [6.07, 6.45) is 1.10. The summed E-state index contributed by atoms with van der Waals surface area (Å²) in [5.41, 5.74) is 0.233. The Bertz CT molecular complexity index is 878. The van der Waals surface area contributed by atoms with Gasteiger partial charge < -0.3 is 15.0 Å². The van der Waals surface area contributed by atoms with Gasteiger partial charge in [0.25, 0.3) is 11.5 Å². The van der Waals surface area contributed by atoms with Gasteiger partial charge in [0.2, 0.25) is 0 Å². The van der Waals surface area contributed by atoms with E-state index in [0.717, 1.165) is 19.5 Å². The molecule has 2 aliphatic rings. The Morgan fingerprint density at radius 1 is 1.35 bits per heavy atom. The first-order chi connectivity index (χ1) is 12.5. The molecule has 2 N–H and O–H groups in total. The second kappa shape index (κ2) is 6.81. The van der Waals surface area contributed by atoms with Crippen LogP contribution in [0, 0.1) is 5.92 Å². The fourth-order valence-corrected chi connectivity index (χ4v) is 3.86. The normalized spacial score (nSPS) is 26.2. The van der Waals surface area contributed by atoms with E-state index in [1.54, 1.807) is 24.3 Å². The number of fused-ring (bicyclic) bond motifs is 2. The van der Waals surface area contributed by atoms with Crippen molar-refractivity contribution in [1.82, 2.24) is 20.2 Å². The molecule has 7 heteroatoms. The van der Waals surface area contributed by atoms with Crippen LogP contribution in [-0.2, 0) is 4.74 Å². The molecule has 7 nitrogen and oxygen atoms in total. The molecule has 0 spiro atoms. The maximum absolute atomic E-state index is 12.6. The number of benzene rings is 1. The van der Waals surface area contributed by atoms with Gasteiger partial charge in [-0.25, -0.2) is 4.98 Å². The first kappa shape index (κ1) is 17.2. The number of amides is 1. The molecule has 1 aromatic carbocycles. The minimum absolute atomic E-state index is 0.0405. The molecule has 0 saturated carbocycles. The van der Waals surface area contributed by atoms with Crippen molar-refractivity contribution in [2.45, 2.75) is 38.5 Å². The molecule has 0 unspecified atom stereocenters. The van der Waals surface area contributed by atoms with Crippen LogP contribution in [0.15, 0.2) is 29.1 Å². The summed E-state index contributed by atoms with van der Waals surface area (Å²) in [4.78, 5) is 34.0. The van der Waals surface area contributed by atoms with Gasteiger partial charge >= 0.3 is 0 Å². The number of rotatable bonds is 3. The topological polar surface area (TPSA) is 87.3 Å². The molecule has 0 radical (unpaired) electrons. The monoisotopic (exact) mass is 356 g/mol. The molecule has 0 aliphatic carbocycles. The van der Waals surface area contributed by atoms with Gasteiger partial charge in [-0.15, -0.1) is 0 Å². The predicted molar refractivity (Wildman–Crippen MR) is 98.2 cm³/mol. The van der Waals surface area contributed by atoms with E-state index in [2.05, 4.69) is 34.0 Å². The smallest absolute Gasteiger partial charge is 0.287 e. The minimum atomic E-state index is -0.334. The van der Waals surface area contributed by atoms with E-state index in [4.69, 9.17) is 4.74 Å². The Balaban J connectivity index is 1.45. The molecule has 26 heavy (non-hydrogen) atoms. The van der Waals surface area contributed by atoms with E-state index in [0.29, 0.717) is 29.5 Å². The average Bonchev–Trinajstić information content (AvgIpc) is 3.02. The lowest BCUT2D eigenvalue weighted by Gasteiger charge is -2.36. The number of H-pyrrole nitrogens is 1. The molecule has 2 saturated heterocycles. The summed E-state index contributed by atoms with van der Waals surface area (Å²) in [6.45, 7) is 6.75. The summed E-state index contributed by atoms with van der Waals surface area (Å²) in [5, 5.41) is 3.50. The summed E-state index contributed by atoms with van der Waals surface area (Å²) >= 11 is 0. The molecule has 0 bridgehead atoms. The Kier molecular flexibility index (Phi) is 4.50. The van der Waals surface area contributed by atoms with E-state index >= 15 is 0 Å². The molecular formula is C19H24N4O3. The first-order valence-corrected chi connectivity index (χ1v) is 9.17. The second-order valence-electron chi connectivity index (χ2n) is 7.56. The van der Waals surface area contributed by atoms with Crippen LogP contribution in [0.25, 0.3) is 10.9 Å². The zero-order chi connectivity index (χ0) is 18.3. The number of hydrogen-bond acceptors (Lipinski definition) is 5. The van der Waals surface area contributed by atoms with E-state index in [1.807, 2.05) is 0 Å². The van der Waals surface area contributed by atoms with Crippen LogP contribution < -0.4 is 10.9 Å². The molecule has 1 amide bonds. The first-order valence-electron chi connectivity index (χ1n) is 9.17. The highest BCUT2D eigenvalue weighted by atomic mass is 16.5. The zero-order valence-corrected chi connectivity index (χ0v) is 15.1. The third kappa shape index (κ3) is 3.24. The van der Waals surface area contributed by atoms with Crippen molar-refractivity contribution in [3.63, 3.8) is 0 Å². The largest absolute Gasteiger partial charge is 0.375 e. The van der Waals surface area contributed by atoms with Crippen LogP contribution in [0.1, 0.15) is 30.9 Å². The van der Waals surface area contributed by atoms with Crippen molar-refractivity contribution in [3.05, 3.63) is 40.4 Å². The molecule has 1 aromatic heterocycles. The Labute approximate surface area is 151 Å². The number of nitrogens with zero attached hydrogens (tertiary/aromatic N) is 2. The average molecular weight is 356 g/mol. The highest BCUT2D eigenvalue weighted by Gasteiger charge is 2.38. The number of hydrogen-bond donors (Lipinski definition) is 2. The van der Waals surface area contributed by atoms with Gasteiger partial charge in [-0.1, -0.05) is 26.0 Å². The maximum atomic E-state index is 12.6. The van der Waals surface area contributed by atoms with Crippen molar-refractivity contribution in [2.24, 2.45) is 5.92 Å². The number of nitrogens with one attached hydrogen (secondary N) is 2. The van der Waals surface area contributed by atoms with Crippen molar-refractivity contribution in [2.75, 3.05) is 19.7 Å². The summed E-state index contributed by atoms with van der Waals surface area (Å²) in [5.74, 6) is 0.213. The van der Waals surface area contributed by atoms with Crippen LogP contribution in [0.2, 0.25) is 0 Å². The lowest BCUT2D eigenvalue weighted by molar-refractivity contribution is -0.0683. The zero-order valence-electron chi connectivity index (χ0n) is 15.1. The van der Waals surface area contributed by atoms with E-state index in [1.165, 1.54) is 0 Å². The quantitative estimate of drug-likeness (QED) is 0.861. The van der Waals surface area contributed by atoms with Gasteiger partial charge in [0.1, 0.15) is 0 Å². The van der Waals surface area contributed by atoms with Crippen molar-refractivity contribution in [3.8, 4) is 0 Å². The van der Waals surface area contributed by atoms with Crippen LogP contribution in [-0.4, -0.2) is 58.7 Å². The number of ether oxygens (including phenoxy) is 1. The molecule has 4 rings (SSSR count). The molecule has 2 aromatic rings. The molecule has 3 atom stereocenters. The van der Waals surface area contributed by atoms with Crippen molar-refractivity contribution < 1.29 is 9.53 Å². The fourth-order valence-electron chi connectivity index (χ4n) is 3.86. The standard InChI is InChI=1S/C19H24N4O3/c1-11(2)16-9-23-8-12(7-13(23)10-26-16)20-19(25)17-21-15-6-4-3-5-14(15)18(24)22-17/h3-6,11-13,16H,7-10H2,1-2H3,(H,20,25)(H,21,22,24)/t12-,13-,16+/m0/s1. The lowest BCUT2D eigenvalue weighted by atomic mass is 10.0. The van der Waals surface area contributed by atoms with Crippen LogP contribution >= 0.6 is 0 Å². The van der Waals surface area contributed by atoms with Gasteiger partial charge in [-0.3, -0.25) is 14.5 Å². The van der Waals surface area contributed by atoms with E-state index < -0.39 is 0 Å². The second-order valence-corrected chi connectivity index (χ2v) is 7.56. The van der Waals surface area contributed by atoms with E-state index in [9.17, 15) is 9.59 Å². The summed E-state index contributed by atoms with van der Waals surface area (Å²) in [6, 6.07) is 7.40. The predicted octanol–water partition coefficient (Wildman–Crippen LogP) is 1.15. The lowest BCUT2D eigenvalue weighted by Crippen LogP contribution is -2.48. The molecule has 3 heterocycles. The highest BCUT2D eigenvalue weighted by Crippen LogP contribution is 2.25. The summed E-state index contributed by atoms with van der Waals surface area (Å²) in [7, 11) is 0. The molecule has 2 fully saturated rings. The minimum Gasteiger partial charge on any atom is -0.375 e. The maximum Gasteiger partial charge on any atom is 0.287 e. The van der Waals surface area contributed by atoms with Crippen molar-refractivity contribution in [1.29, 1.82) is 0 Å². The number of aromatic nitrogens is 2. The van der Waals surface area contributed by atoms with Gasteiger partial charge in [0, 0.05) is 25.2 Å². The van der Waals surface area contributed by atoms with Gasteiger partial charge in [0.05, 0.1) is 23.6 Å². The number of carbonyl (C=O) groups is 1. The third-order valence-electron chi connectivity index (χ3n) is 5.35. The van der Waals surface area contributed by atoms with Crippen LogP contribution in [0.5, 0.6) is 0 Å². The number of carbonyl (C=O) groups excluding carboxylic acids is 1. The van der Waals surface area contributed by atoms with Crippen LogP contribution in [0.4, 0.5) is 0 Å². The van der Waals surface area contributed by atoms with Crippen molar-refractivity contribution >= 4 is 16.8 Å². The number of para-hydroxylation sites is 1. The van der Waals surface area contributed by atoms with Gasteiger partial charge in [0.15, 0.2) is 5.82 Å². The highest BCUT2D eigenvalue weighted by molar-refractivity contribution is 5.92. The Morgan fingerprint density at radius 3 is 2.96 bits per heavy atom. The van der Waals surface area contributed by atoms with Gasteiger partial charge in [-0.05, 0) is 24.5 Å². The molecular weight excluding hydrogens is 332 g/mol. The van der Waals surface area contributed by atoms with Gasteiger partial charge in [-0.2, -0.15) is 0 Å². The number of aromatic amines is 1. The fraction of sp³-hybridized carbons (Fsp3) is 0.526. The Hall–Kier alpha value is -2.25. The SMILES string of the molecule is CC(C)[C@H]1CN2C[C@@H](NC(=O)c3nc4ccccc4c(=O)[nH]3)C[C@H]2CO1. The third-order valence-corrected chi connectivity index (χ3v) is 5.35. The summed E-state index contributed by atoms with van der Waals surface area (Å²) < 4.78 is 5.94. The van der Waals surface area contributed by atoms with E-state index in [-0.39, 0.29) is 29.4 Å². The Morgan fingerprint density at radius 2 is 2.15 bits per heavy atom. The molecule has 2 aliphatic heterocycles. The van der Waals surface area contributed by atoms with Crippen LogP contribution in [0.3, 0.4) is 0 Å².